The normalized spacial score (nSPS) is 14.1. The standard InChI is InChI=1S/C61H119N2O6P/c1-6-8-10-12-14-16-18-20-22-24-26-28-29-30-31-32-33-35-36-38-40-42-44-46-48-50-52-54-60(64)59(58-69-70(66,67)68-57-56-63(3,4)5)62-61(65)55-53-51-49-47-45-43-41-39-37-34-27-25-23-21-19-17-15-13-11-9-7-2/h25,27,44,46,52,54,59-60,64H,6-24,26,28-43,45,47-51,53,55-58H2,1-5H3,(H-,62,65,66,67)/b27-25-,46-44+,54-52+. The molecule has 0 rings (SSSR count). The maximum absolute atomic E-state index is 13.0. The average Bonchev–Trinajstić information content (AvgIpc) is 3.32. The van der Waals surface area contributed by atoms with Crippen LogP contribution in [-0.2, 0) is 18.4 Å². The molecule has 70 heavy (non-hydrogen) atoms. The lowest BCUT2D eigenvalue weighted by atomic mass is 10.0. The van der Waals surface area contributed by atoms with E-state index in [1.54, 1.807) is 6.08 Å². The van der Waals surface area contributed by atoms with Crippen LogP contribution in [0.15, 0.2) is 36.5 Å². The van der Waals surface area contributed by atoms with Gasteiger partial charge in [-0.05, 0) is 57.8 Å². The van der Waals surface area contributed by atoms with Crippen molar-refractivity contribution in [2.24, 2.45) is 0 Å². The van der Waals surface area contributed by atoms with E-state index in [-0.39, 0.29) is 12.5 Å². The van der Waals surface area contributed by atoms with Crippen molar-refractivity contribution in [3.8, 4) is 0 Å². The Labute approximate surface area is 436 Å². The number of likely N-dealkylation sites (N-methyl/N-ethyl adjacent to an activating group) is 1. The smallest absolute Gasteiger partial charge is 0.268 e. The molecule has 0 heterocycles. The van der Waals surface area contributed by atoms with Crippen molar-refractivity contribution in [1.29, 1.82) is 0 Å². The van der Waals surface area contributed by atoms with Crippen molar-refractivity contribution < 1.29 is 32.9 Å². The Balaban J connectivity index is 4.21. The van der Waals surface area contributed by atoms with E-state index in [1.807, 2.05) is 27.2 Å². The van der Waals surface area contributed by atoms with Crippen LogP contribution >= 0.6 is 7.82 Å². The van der Waals surface area contributed by atoms with E-state index in [4.69, 9.17) is 9.05 Å². The van der Waals surface area contributed by atoms with E-state index >= 15 is 0 Å². The number of carbonyl (C=O) groups excluding carboxylic acids is 1. The van der Waals surface area contributed by atoms with Gasteiger partial charge in [-0.2, -0.15) is 0 Å². The molecule has 2 N–H and O–H groups in total. The number of rotatable bonds is 56. The fourth-order valence-electron chi connectivity index (χ4n) is 9.05. The number of phosphoric ester groups is 1. The van der Waals surface area contributed by atoms with E-state index in [1.165, 1.54) is 238 Å². The average molecular weight is 1010 g/mol. The summed E-state index contributed by atoms with van der Waals surface area (Å²) in [4.78, 5) is 25.5. The number of carbonyl (C=O) groups is 1. The molecule has 0 aliphatic carbocycles. The van der Waals surface area contributed by atoms with Crippen molar-refractivity contribution in [1.82, 2.24) is 5.32 Å². The number of nitrogens with zero attached hydrogens (tertiary/aromatic N) is 1. The van der Waals surface area contributed by atoms with Gasteiger partial charge in [0.05, 0.1) is 39.9 Å². The molecule has 0 aliphatic rings. The number of phosphoric acid groups is 1. The minimum Gasteiger partial charge on any atom is -0.756 e. The number of amides is 1. The zero-order chi connectivity index (χ0) is 51.3. The van der Waals surface area contributed by atoms with Crippen molar-refractivity contribution in [3.05, 3.63) is 36.5 Å². The number of allylic oxidation sites excluding steroid dienone is 5. The van der Waals surface area contributed by atoms with Crippen LogP contribution in [0.4, 0.5) is 0 Å². The van der Waals surface area contributed by atoms with E-state index < -0.39 is 26.6 Å². The second-order valence-corrected chi connectivity index (χ2v) is 23.5. The number of aliphatic hydroxyl groups excluding tert-OH is 1. The van der Waals surface area contributed by atoms with Gasteiger partial charge in [-0.3, -0.25) is 9.36 Å². The van der Waals surface area contributed by atoms with Gasteiger partial charge in [0.15, 0.2) is 0 Å². The largest absolute Gasteiger partial charge is 0.756 e. The first-order chi connectivity index (χ1) is 34.0. The molecule has 8 nitrogen and oxygen atoms in total. The van der Waals surface area contributed by atoms with Crippen molar-refractivity contribution in [2.75, 3.05) is 40.9 Å². The number of unbranched alkanes of at least 4 members (excludes halogenated alkanes) is 39. The van der Waals surface area contributed by atoms with Crippen LogP contribution in [0, 0.1) is 0 Å². The molecule has 0 saturated heterocycles. The molecule has 0 bridgehead atoms. The minimum absolute atomic E-state index is 0.00599. The van der Waals surface area contributed by atoms with Crippen molar-refractivity contribution >= 4 is 13.7 Å². The summed E-state index contributed by atoms with van der Waals surface area (Å²) in [7, 11) is 1.25. The highest BCUT2D eigenvalue weighted by Crippen LogP contribution is 2.38. The molecular weight excluding hydrogens is 888 g/mol. The Morgan fingerprint density at radius 3 is 1.16 bits per heavy atom. The highest BCUT2D eigenvalue weighted by molar-refractivity contribution is 7.45. The summed E-state index contributed by atoms with van der Waals surface area (Å²) in [5, 5.41) is 13.9. The van der Waals surface area contributed by atoms with Crippen LogP contribution in [0.1, 0.15) is 296 Å². The van der Waals surface area contributed by atoms with Crippen molar-refractivity contribution in [3.63, 3.8) is 0 Å². The van der Waals surface area contributed by atoms with Crippen LogP contribution in [-0.4, -0.2) is 68.5 Å². The van der Waals surface area contributed by atoms with Gasteiger partial charge in [0.2, 0.25) is 5.91 Å². The molecule has 0 aliphatic heterocycles. The first kappa shape index (κ1) is 68.7. The van der Waals surface area contributed by atoms with Crippen molar-refractivity contribution in [2.45, 2.75) is 309 Å². The van der Waals surface area contributed by atoms with Gasteiger partial charge in [0.1, 0.15) is 13.2 Å². The molecule has 0 radical (unpaired) electrons. The lowest BCUT2D eigenvalue weighted by molar-refractivity contribution is -0.870. The summed E-state index contributed by atoms with van der Waals surface area (Å²) in [5.41, 5.74) is 0. The number of hydrogen-bond donors (Lipinski definition) is 2. The SMILES string of the molecule is CCCCCCCCCC/C=C\CCCCCCCCCCCC(=O)NC(COP(=O)([O-])OCC[N+](C)(C)C)C(O)/C=C/CC/C=C/CCCCCCCCCCCCCCCCCCCCCCC. The van der Waals surface area contributed by atoms with E-state index in [0.29, 0.717) is 17.4 Å². The zero-order valence-electron chi connectivity index (χ0n) is 47.2. The fourth-order valence-corrected chi connectivity index (χ4v) is 9.77. The number of quaternary nitrogens is 1. The van der Waals surface area contributed by atoms with Crippen LogP contribution < -0.4 is 10.2 Å². The van der Waals surface area contributed by atoms with Crippen LogP contribution in [0.25, 0.3) is 0 Å². The summed E-state index contributed by atoms with van der Waals surface area (Å²) in [6.45, 7) is 4.67. The Bertz CT molecular complexity index is 1230. The molecule has 1 amide bonds. The first-order valence-corrected chi connectivity index (χ1v) is 31.8. The number of nitrogens with one attached hydrogen (secondary N) is 1. The molecular formula is C61H119N2O6P. The van der Waals surface area contributed by atoms with Gasteiger partial charge in [-0.1, -0.05) is 269 Å². The molecule has 3 unspecified atom stereocenters. The fraction of sp³-hybridized carbons (Fsp3) is 0.885. The molecule has 3 atom stereocenters. The molecule has 0 fully saturated rings. The summed E-state index contributed by atoms with van der Waals surface area (Å²) < 4.78 is 23.4. The molecule has 0 saturated carbocycles. The van der Waals surface area contributed by atoms with E-state index in [0.717, 1.165) is 38.5 Å². The zero-order valence-corrected chi connectivity index (χ0v) is 48.1. The maximum Gasteiger partial charge on any atom is 0.268 e. The van der Waals surface area contributed by atoms with Crippen LogP contribution in [0.2, 0.25) is 0 Å². The summed E-state index contributed by atoms with van der Waals surface area (Å²) in [6.07, 6.45) is 68.1. The van der Waals surface area contributed by atoms with Gasteiger partial charge in [-0.15, -0.1) is 0 Å². The third-order valence-corrected chi connectivity index (χ3v) is 14.8. The number of aliphatic hydroxyl groups is 1. The Morgan fingerprint density at radius 2 is 0.800 bits per heavy atom. The second-order valence-electron chi connectivity index (χ2n) is 22.0. The Morgan fingerprint density at radius 1 is 0.486 bits per heavy atom. The van der Waals surface area contributed by atoms with Gasteiger partial charge in [0, 0.05) is 6.42 Å². The Hall–Kier alpha value is -1.28. The lowest BCUT2D eigenvalue weighted by Crippen LogP contribution is -2.45. The van der Waals surface area contributed by atoms with Crippen LogP contribution in [0.3, 0.4) is 0 Å². The predicted molar refractivity (Wildman–Crippen MR) is 302 cm³/mol. The van der Waals surface area contributed by atoms with Gasteiger partial charge in [0.25, 0.3) is 7.82 Å². The molecule has 414 valence electrons. The lowest BCUT2D eigenvalue weighted by Gasteiger charge is -2.29. The van der Waals surface area contributed by atoms with Gasteiger partial charge >= 0.3 is 0 Å². The van der Waals surface area contributed by atoms with Gasteiger partial charge < -0.3 is 28.8 Å². The highest BCUT2D eigenvalue weighted by Gasteiger charge is 2.23. The molecule has 0 spiro atoms. The van der Waals surface area contributed by atoms with E-state index in [9.17, 15) is 19.4 Å². The molecule has 0 aromatic heterocycles. The maximum atomic E-state index is 13.0. The summed E-state index contributed by atoms with van der Waals surface area (Å²) in [5.74, 6) is -0.206. The molecule has 0 aromatic rings. The molecule has 9 heteroatoms. The third kappa shape index (κ3) is 54.5. The minimum atomic E-state index is -4.61. The highest BCUT2D eigenvalue weighted by atomic mass is 31.2. The quantitative estimate of drug-likeness (QED) is 0.0272. The predicted octanol–water partition coefficient (Wildman–Crippen LogP) is 17.9. The van der Waals surface area contributed by atoms with Crippen LogP contribution in [0.5, 0.6) is 0 Å². The van der Waals surface area contributed by atoms with E-state index in [2.05, 4.69) is 43.5 Å². The monoisotopic (exact) mass is 1010 g/mol. The number of hydrogen-bond acceptors (Lipinski definition) is 6. The topological polar surface area (TPSA) is 108 Å². The Kier molecular flexibility index (Phi) is 51.6. The second kappa shape index (κ2) is 52.6. The first-order valence-electron chi connectivity index (χ1n) is 30.4. The van der Waals surface area contributed by atoms with Gasteiger partial charge in [-0.25, -0.2) is 0 Å². The third-order valence-electron chi connectivity index (χ3n) is 13.8. The summed E-state index contributed by atoms with van der Waals surface area (Å²) >= 11 is 0. The molecule has 0 aromatic carbocycles. The summed E-state index contributed by atoms with van der Waals surface area (Å²) in [6, 6.07) is -0.905.